The normalized spacial score (nSPS) is 13.6. The van der Waals surface area contributed by atoms with E-state index in [0.29, 0.717) is 0 Å². The van der Waals surface area contributed by atoms with E-state index in [0.717, 1.165) is 18.0 Å². The van der Waals surface area contributed by atoms with Gasteiger partial charge >= 0.3 is 0 Å². The maximum atomic E-state index is 5.85. The maximum Gasteiger partial charge on any atom is 0.218 e. The van der Waals surface area contributed by atoms with Crippen LogP contribution in [0.15, 0.2) is 18.3 Å². The van der Waals surface area contributed by atoms with E-state index in [9.17, 15) is 0 Å². The Kier molecular flexibility index (Phi) is 4.30. The van der Waals surface area contributed by atoms with Crippen molar-refractivity contribution in [1.82, 2.24) is 10.3 Å². The molecule has 16 heavy (non-hydrogen) atoms. The van der Waals surface area contributed by atoms with E-state index in [-0.39, 0.29) is 11.6 Å². The third-order valence-electron chi connectivity index (χ3n) is 2.18. The molecule has 1 heterocycles. The molecule has 3 nitrogen and oxygen atoms in total. The summed E-state index contributed by atoms with van der Waals surface area (Å²) in [5, 5.41) is 3.37. The maximum absolute atomic E-state index is 5.85. The molecule has 0 aliphatic rings. The van der Waals surface area contributed by atoms with Gasteiger partial charge in [0.1, 0.15) is 5.60 Å². The molecule has 0 aliphatic heterocycles. The minimum atomic E-state index is -0.213. The van der Waals surface area contributed by atoms with Crippen LogP contribution in [0, 0.1) is 0 Å². The number of nitrogens with one attached hydrogen (secondary N) is 1. The van der Waals surface area contributed by atoms with Crippen LogP contribution in [0.25, 0.3) is 0 Å². The van der Waals surface area contributed by atoms with Crippen LogP contribution >= 0.6 is 0 Å². The lowest BCUT2D eigenvalue weighted by molar-refractivity contribution is 0.121. The van der Waals surface area contributed by atoms with Crippen LogP contribution in [0.5, 0.6) is 5.88 Å². The molecule has 1 N–H and O–H groups in total. The van der Waals surface area contributed by atoms with Crippen molar-refractivity contribution in [3.63, 3.8) is 0 Å². The molecule has 90 valence electrons. The van der Waals surface area contributed by atoms with Gasteiger partial charge in [-0.2, -0.15) is 0 Å². The van der Waals surface area contributed by atoms with E-state index in [2.05, 4.69) is 30.2 Å². The van der Waals surface area contributed by atoms with Gasteiger partial charge in [0.25, 0.3) is 0 Å². The van der Waals surface area contributed by atoms with Crippen molar-refractivity contribution in [2.24, 2.45) is 0 Å². The quantitative estimate of drug-likeness (QED) is 0.850. The molecule has 0 saturated heterocycles. The lowest BCUT2D eigenvalue weighted by Crippen LogP contribution is -2.26. The summed E-state index contributed by atoms with van der Waals surface area (Å²) in [6, 6.07) is 4.26. The highest BCUT2D eigenvalue weighted by Crippen LogP contribution is 2.25. The van der Waals surface area contributed by atoms with Gasteiger partial charge in [0, 0.05) is 17.8 Å². The van der Waals surface area contributed by atoms with Crippen molar-refractivity contribution in [2.75, 3.05) is 6.54 Å². The molecule has 1 atom stereocenters. The molecule has 0 aromatic carbocycles. The second-order valence-electron chi connectivity index (χ2n) is 4.89. The van der Waals surface area contributed by atoms with E-state index in [1.165, 1.54) is 0 Å². The van der Waals surface area contributed by atoms with Crippen molar-refractivity contribution < 1.29 is 4.74 Å². The van der Waals surface area contributed by atoms with Gasteiger partial charge in [-0.3, -0.25) is 0 Å². The highest BCUT2D eigenvalue weighted by Gasteiger charge is 2.17. The van der Waals surface area contributed by atoms with E-state index in [1.807, 2.05) is 26.8 Å². The third-order valence-corrected chi connectivity index (χ3v) is 2.18. The first-order chi connectivity index (χ1) is 7.44. The number of pyridine rings is 1. The largest absolute Gasteiger partial charge is 0.472 e. The fourth-order valence-corrected chi connectivity index (χ4v) is 1.52. The van der Waals surface area contributed by atoms with E-state index >= 15 is 0 Å². The molecule has 0 fully saturated rings. The molecule has 0 saturated carbocycles. The zero-order chi connectivity index (χ0) is 12.2. The summed E-state index contributed by atoms with van der Waals surface area (Å²) in [5.41, 5.74) is 0.897. The highest BCUT2D eigenvalue weighted by molar-refractivity contribution is 5.28. The third kappa shape index (κ3) is 3.81. The van der Waals surface area contributed by atoms with E-state index in [4.69, 9.17) is 4.74 Å². The van der Waals surface area contributed by atoms with Gasteiger partial charge in [-0.25, -0.2) is 4.98 Å². The van der Waals surface area contributed by atoms with Crippen LogP contribution in [0.4, 0.5) is 0 Å². The lowest BCUT2D eigenvalue weighted by atomic mass is 10.1. The predicted octanol–water partition coefficient (Wildman–Crippen LogP) is 2.93. The summed E-state index contributed by atoms with van der Waals surface area (Å²) in [7, 11) is 0. The van der Waals surface area contributed by atoms with Gasteiger partial charge in [-0.05, 0) is 40.3 Å². The number of aromatic nitrogens is 1. The molecule has 1 unspecified atom stereocenters. The number of rotatable bonds is 4. The number of hydrogen-bond donors (Lipinski definition) is 1. The predicted molar refractivity (Wildman–Crippen MR) is 66.7 cm³/mol. The first-order valence-electron chi connectivity index (χ1n) is 5.81. The van der Waals surface area contributed by atoms with Crippen LogP contribution in [-0.2, 0) is 0 Å². The van der Waals surface area contributed by atoms with Crippen LogP contribution in [0.1, 0.15) is 46.2 Å². The molecule has 1 rings (SSSR count). The van der Waals surface area contributed by atoms with Crippen molar-refractivity contribution in [2.45, 2.75) is 46.3 Å². The summed E-state index contributed by atoms with van der Waals surface area (Å²) in [4.78, 5) is 4.31. The average Bonchev–Trinajstić information content (AvgIpc) is 2.16. The SMILES string of the molecule is CCNC(C)c1cccnc1OC(C)(C)C. The fraction of sp³-hybridized carbons (Fsp3) is 0.615. The Morgan fingerprint density at radius 3 is 2.69 bits per heavy atom. The van der Waals surface area contributed by atoms with E-state index < -0.39 is 0 Å². The molecule has 1 aromatic rings. The fourth-order valence-electron chi connectivity index (χ4n) is 1.52. The molecule has 1 aromatic heterocycles. The Morgan fingerprint density at radius 2 is 2.12 bits per heavy atom. The number of nitrogens with zero attached hydrogens (tertiary/aromatic N) is 1. The van der Waals surface area contributed by atoms with Gasteiger partial charge < -0.3 is 10.1 Å². The van der Waals surface area contributed by atoms with Gasteiger partial charge in [-0.1, -0.05) is 13.0 Å². The highest BCUT2D eigenvalue weighted by atomic mass is 16.5. The summed E-state index contributed by atoms with van der Waals surface area (Å²) >= 11 is 0. The summed E-state index contributed by atoms with van der Waals surface area (Å²) in [5.74, 6) is 0.725. The Balaban J connectivity index is 2.91. The zero-order valence-electron chi connectivity index (χ0n) is 10.9. The van der Waals surface area contributed by atoms with Crippen LogP contribution in [0.2, 0.25) is 0 Å². The number of ether oxygens (including phenoxy) is 1. The minimum absolute atomic E-state index is 0.213. The van der Waals surface area contributed by atoms with Gasteiger partial charge in [0.2, 0.25) is 5.88 Å². The van der Waals surface area contributed by atoms with Crippen molar-refractivity contribution >= 4 is 0 Å². The van der Waals surface area contributed by atoms with Crippen molar-refractivity contribution in [3.05, 3.63) is 23.9 Å². The summed E-state index contributed by atoms with van der Waals surface area (Å²) in [6.07, 6.45) is 1.77. The Hall–Kier alpha value is -1.09. The summed E-state index contributed by atoms with van der Waals surface area (Å²) < 4.78 is 5.85. The monoisotopic (exact) mass is 222 g/mol. The molecule has 0 spiro atoms. The Morgan fingerprint density at radius 1 is 1.44 bits per heavy atom. The standard InChI is InChI=1S/C13H22N2O/c1-6-14-10(2)11-8-7-9-15-12(11)16-13(3,4)5/h7-10,14H,6H2,1-5H3. The van der Waals surface area contributed by atoms with Gasteiger partial charge in [0.15, 0.2) is 0 Å². The first kappa shape index (κ1) is 13.0. The topological polar surface area (TPSA) is 34.2 Å². The Labute approximate surface area is 98.2 Å². The van der Waals surface area contributed by atoms with E-state index in [1.54, 1.807) is 6.20 Å². The second kappa shape index (κ2) is 5.30. The minimum Gasteiger partial charge on any atom is -0.472 e. The smallest absolute Gasteiger partial charge is 0.218 e. The van der Waals surface area contributed by atoms with Crippen LogP contribution in [-0.4, -0.2) is 17.1 Å². The Bertz CT molecular complexity index is 331. The zero-order valence-corrected chi connectivity index (χ0v) is 10.9. The van der Waals surface area contributed by atoms with Crippen LogP contribution in [0.3, 0.4) is 0 Å². The van der Waals surface area contributed by atoms with Crippen LogP contribution < -0.4 is 10.1 Å². The summed E-state index contributed by atoms with van der Waals surface area (Å²) in [6.45, 7) is 11.2. The van der Waals surface area contributed by atoms with Crippen molar-refractivity contribution in [1.29, 1.82) is 0 Å². The molecule has 0 radical (unpaired) electrons. The molecule has 0 bridgehead atoms. The lowest BCUT2D eigenvalue weighted by Gasteiger charge is -2.24. The average molecular weight is 222 g/mol. The molecule has 0 amide bonds. The second-order valence-corrected chi connectivity index (χ2v) is 4.89. The van der Waals surface area contributed by atoms with Gasteiger partial charge in [0.05, 0.1) is 0 Å². The number of hydrogen-bond acceptors (Lipinski definition) is 3. The molecule has 0 aliphatic carbocycles. The molecule has 3 heteroatoms. The van der Waals surface area contributed by atoms with Gasteiger partial charge in [-0.15, -0.1) is 0 Å². The first-order valence-corrected chi connectivity index (χ1v) is 5.81. The van der Waals surface area contributed by atoms with Crippen molar-refractivity contribution in [3.8, 4) is 5.88 Å². The molecular weight excluding hydrogens is 200 g/mol. The molecular formula is C13H22N2O.